The van der Waals surface area contributed by atoms with Crippen LogP contribution in [-0.2, 0) is 14.3 Å². The predicted octanol–water partition coefficient (Wildman–Crippen LogP) is 1.41. The van der Waals surface area contributed by atoms with Gasteiger partial charge in [-0.1, -0.05) is 0 Å². The van der Waals surface area contributed by atoms with Crippen molar-refractivity contribution in [2.24, 2.45) is 0 Å². The Labute approximate surface area is 138 Å². The Balaban J connectivity index is 2.20. The summed E-state index contributed by atoms with van der Waals surface area (Å²) in [5.74, 6) is -1.09. The first-order chi connectivity index (χ1) is 11.2. The van der Waals surface area contributed by atoms with E-state index in [1.165, 1.54) is 20.1 Å². The maximum atomic E-state index is 12.3. The number of methoxy groups -OCH3 is 1. The molecule has 0 aromatic heterocycles. The minimum Gasteiger partial charge on any atom is -0.507 e. The lowest BCUT2D eigenvalue weighted by Gasteiger charge is -2.43. The molecule has 24 heavy (non-hydrogen) atoms. The number of aliphatic hydroxyl groups is 1. The van der Waals surface area contributed by atoms with Crippen LogP contribution in [0.4, 0.5) is 0 Å². The molecule has 0 spiro atoms. The monoisotopic (exact) mass is 334 g/mol. The number of phenols is 1. The van der Waals surface area contributed by atoms with Crippen molar-refractivity contribution in [1.29, 1.82) is 0 Å². The molecule has 128 valence electrons. The topological polar surface area (TPSA) is 102 Å². The van der Waals surface area contributed by atoms with Crippen LogP contribution in [0.3, 0.4) is 0 Å². The van der Waals surface area contributed by atoms with E-state index in [1.54, 1.807) is 19.1 Å². The van der Waals surface area contributed by atoms with Gasteiger partial charge in [0.2, 0.25) is 0 Å². The standard InChI is InChI=1S/C17H18O7/c1-8(18)23-14-6-11-10-4-9(22-3)5-12(19)15(10)16(21)24-17(11,2)7-13(14)20/h4-6,13-14,19-20H,7H2,1-3H3/t13-,14+,17-/m0/s1. The summed E-state index contributed by atoms with van der Waals surface area (Å²) < 4.78 is 15.7. The van der Waals surface area contributed by atoms with E-state index in [0.717, 1.165) is 0 Å². The number of hydrogen-bond acceptors (Lipinski definition) is 7. The number of carbonyl (C=O) groups is 2. The highest BCUT2D eigenvalue weighted by molar-refractivity contribution is 6.03. The summed E-state index contributed by atoms with van der Waals surface area (Å²) >= 11 is 0. The molecule has 2 aliphatic rings. The number of aromatic hydroxyl groups is 1. The van der Waals surface area contributed by atoms with E-state index in [4.69, 9.17) is 14.2 Å². The van der Waals surface area contributed by atoms with Crippen LogP contribution in [0.1, 0.15) is 36.2 Å². The van der Waals surface area contributed by atoms with Crippen molar-refractivity contribution in [3.8, 4) is 11.5 Å². The van der Waals surface area contributed by atoms with Crippen molar-refractivity contribution in [3.63, 3.8) is 0 Å². The smallest absolute Gasteiger partial charge is 0.343 e. The van der Waals surface area contributed by atoms with Gasteiger partial charge in [0.15, 0.2) is 0 Å². The molecule has 0 bridgehead atoms. The van der Waals surface area contributed by atoms with E-state index in [0.29, 0.717) is 16.9 Å². The molecule has 2 N–H and O–H groups in total. The van der Waals surface area contributed by atoms with E-state index < -0.39 is 29.7 Å². The molecule has 3 rings (SSSR count). The fraction of sp³-hybridized carbons (Fsp3) is 0.412. The highest BCUT2D eigenvalue weighted by Gasteiger charge is 2.48. The fourth-order valence-electron chi connectivity index (χ4n) is 3.25. The van der Waals surface area contributed by atoms with Gasteiger partial charge in [-0.25, -0.2) is 4.79 Å². The molecular formula is C17H18O7. The van der Waals surface area contributed by atoms with Gasteiger partial charge < -0.3 is 24.4 Å². The van der Waals surface area contributed by atoms with Crippen molar-refractivity contribution in [1.82, 2.24) is 0 Å². The zero-order chi connectivity index (χ0) is 17.6. The normalized spacial score (nSPS) is 28.2. The Morgan fingerprint density at radius 1 is 1.42 bits per heavy atom. The lowest BCUT2D eigenvalue weighted by molar-refractivity contribution is -0.151. The zero-order valence-corrected chi connectivity index (χ0v) is 13.5. The zero-order valence-electron chi connectivity index (χ0n) is 13.5. The van der Waals surface area contributed by atoms with Crippen LogP contribution in [0.5, 0.6) is 11.5 Å². The molecule has 0 unspecified atom stereocenters. The average Bonchev–Trinajstić information content (AvgIpc) is 2.47. The number of carbonyl (C=O) groups excluding carboxylic acids is 2. The van der Waals surface area contributed by atoms with Gasteiger partial charge in [0.1, 0.15) is 28.8 Å². The van der Waals surface area contributed by atoms with Crippen LogP contribution in [0.15, 0.2) is 18.2 Å². The van der Waals surface area contributed by atoms with Crippen molar-refractivity contribution in [2.45, 2.75) is 38.1 Å². The molecule has 1 heterocycles. The Morgan fingerprint density at radius 2 is 2.12 bits per heavy atom. The summed E-state index contributed by atoms with van der Waals surface area (Å²) in [7, 11) is 1.45. The second-order valence-corrected chi connectivity index (χ2v) is 6.12. The summed E-state index contributed by atoms with van der Waals surface area (Å²) in [6.07, 6.45) is -0.237. The number of phenolic OH excluding ortho intramolecular Hbond substituents is 1. The van der Waals surface area contributed by atoms with Crippen LogP contribution in [-0.4, -0.2) is 47.1 Å². The van der Waals surface area contributed by atoms with Gasteiger partial charge >= 0.3 is 11.9 Å². The van der Waals surface area contributed by atoms with Crippen LogP contribution in [0, 0.1) is 0 Å². The van der Waals surface area contributed by atoms with Crippen molar-refractivity contribution >= 4 is 17.5 Å². The predicted molar refractivity (Wildman–Crippen MR) is 82.6 cm³/mol. The molecule has 0 saturated carbocycles. The molecule has 7 heteroatoms. The second kappa shape index (κ2) is 5.52. The minimum atomic E-state index is -1.08. The molecule has 1 aromatic rings. The molecule has 0 fully saturated rings. The molecule has 1 aliphatic carbocycles. The van der Waals surface area contributed by atoms with E-state index in [-0.39, 0.29) is 17.7 Å². The Kier molecular flexibility index (Phi) is 3.76. The van der Waals surface area contributed by atoms with Crippen molar-refractivity contribution in [3.05, 3.63) is 29.3 Å². The van der Waals surface area contributed by atoms with Crippen LogP contribution in [0.2, 0.25) is 0 Å². The SMILES string of the molecule is COc1cc(O)c2c(c1)C1=C[C@@H](OC(C)=O)[C@@H](O)C[C@]1(C)OC2=O. The quantitative estimate of drug-likeness (QED) is 0.788. The van der Waals surface area contributed by atoms with Gasteiger partial charge in [0.05, 0.1) is 13.2 Å². The molecule has 3 atom stereocenters. The summed E-state index contributed by atoms with van der Waals surface area (Å²) in [4.78, 5) is 23.6. The Hall–Kier alpha value is -2.54. The maximum Gasteiger partial charge on any atom is 0.343 e. The number of aliphatic hydroxyl groups excluding tert-OH is 1. The van der Waals surface area contributed by atoms with Gasteiger partial charge in [0, 0.05) is 30.5 Å². The third kappa shape index (κ3) is 2.50. The highest BCUT2D eigenvalue weighted by atomic mass is 16.6. The Morgan fingerprint density at radius 3 is 2.75 bits per heavy atom. The highest BCUT2D eigenvalue weighted by Crippen LogP contribution is 2.47. The first-order valence-corrected chi connectivity index (χ1v) is 7.47. The van der Waals surface area contributed by atoms with Crippen molar-refractivity contribution in [2.75, 3.05) is 7.11 Å². The fourth-order valence-corrected chi connectivity index (χ4v) is 3.25. The van der Waals surface area contributed by atoms with Gasteiger partial charge in [-0.15, -0.1) is 0 Å². The minimum absolute atomic E-state index is 0.0255. The number of ether oxygens (including phenoxy) is 3. The summed E-state index contributed by atoms with van der Waals surface area (Å²) in [5, 5.41) is 20.4. The van der Waals surface area contributed by atoms with E-state index in [1.807, 2.05) is 0 Å². The van der Waals surface area contributed by atoms with Gasteiger partial charge in [-0.3, -0.25) is 4.79 Å². The van der Waals surface area contributed by atoms with E-state index >= 15 is 0 Å². The van der Waals surface area contributed by atoms with Gasteiger partial charge in [0.25, 0.3) is 0 Å². The maximum absolute atomic E-state index is 12.3. The first-order valence-electron chi connectivity index (χ1n) is 7.47. The van der Waals surface area contributed by atoms with Crippen LogP contribution >= 0.6 is 0 Å². The second-order valence-electron chi connectivity index (χ2n) is 6.12. The molecular weight excluding hydrogens is 316 g/mol. The summed E-state index contributed by atoms with van der Waals surface area (Å²) in [5.41, 5.74) is -0.0612. The molecule has 1 aromatic carbocycles. The van der Waals surface area contributed by atoms with E-state index in [9.17, 15) is 19.8 Å². The molecule has 1 aliphatic heterocycles. The molecule has 0 amide bonds. The average molecular weight is 334 g/mol. The summed E-state index contributed by atoms with van der Waals surface area (Å²) in [6.45, 7) is 2.92. The lowest BCUT2D eigenvalue weighted by Crippen LogP contribution is -2.48. The Bertz CT molecular complexity index is 752. The number of rotatable bonds is 2. The molecule has 7 nitrogen and oxygen atoms in total. The third-order valence-electron chi connectivity index (χ3n) is 4.32. The van der Waals surface area contributed by atoms with Gasteiger partial charge in [-0.2, -0.15) is 0 Å². The van der Waals surface area contributed by atoms with E-state index in [2.05, 4.69) is 0 Å². The molecule has 0 radical (unpaired) electrons. The van der Waals surface area contributed by atoms with Gasteiger partial charge in [-0.05, 0) is 19.1 Å². The van der Waals surface area contributed by atoms with Crippen LogP contribution < -0.4 is 4.74 Å². The number of fused-ring (bicyclic) bond motifs is 3. The number of esters is 2. The summed E-state index contributed by atoms with van der Waals surface area (Å²) in [6, 6.07) is 2.94. The van der Waals surface area contributed by atoms with Crippen molar-refractivity contribution < 1.29 is 34.0 Å². The van der Waals surface area contributed by atoms with Crippen LogP contribution in [0.25, 0.3) is 5.57 Å². The number of hydrogen-bond donors (Lipinski definition) is 2. The molecule has 0 saturated heterocycles. The first kappa shape index (κ1) is 16.3. The largest absolute Gasteiger partial charge is 0.507 e. The number of benzene rings is 1. The third-order valence-corrected chi connectivity index (χ3v) is 4.32. The lowest BCUT2D eigenvalue weighted by atomic mass is 9.75.